The van der Waals surface area contributed by atoms with Crippen LogP contribution in [0.4, 0.5) is 0 Å². The summed E-state index contributed by atoms with van der Waals surface area (Å²) in [6.07, 6.45) is 0. The van der Waals surface area contributed by atoms with E-state index in [0.29, 0.717) is 16.0 Å². The fourth-order valence-corrected chi connectivity index (χ4v) is 5.24. The Labute approximate surface area is 172 Å². The minimum absolute atomic E-state index is 0.0449. The number of rotatable bonds is 3. The predicted octanol–water partition coefficient (Wildman–Crippen LogP) is 2.25. The Hall–Kier alpha value is -3.71. The second-order valence-electron chi connectivity index (χ2n) is 7.11. The highest BCUT2D eigenvalue weighted by molar-refractivity contribution is 7.90. The Morgan fingerprint density at radius 1 is 0.900 bits per heavy atom. The van der Waals surface area contributed by atoms with E-state index in [4.69, 9.17) is 0 Å². The molecule has 0 radical (unpaired) electrons. The topological polar surface area (TPSA) is 88.7 Å². The Morgan fingerprint density at radius 3 is 2.33 bits per heavy atom. The Kier molecular flexibility index (Phi) is 3.91. The van der Waals surface area contributed by atoms with E-state index >= 15 is 0 Å². The number of aromatic nitrogens is 1. The zero-order valence-electron chi connectivity index (χ0n) is 15.9. The van der Waals surface area contributed by atoms with Gasteiger partial charge in [-0.1, -0.05) is 54.1 Å². The van der Waals surface area contributed by atoms with Crippen molar-refractivity contribution in [2.45, 2.75) is 11.8 Å². The van der Waals surface area contributed by atoms with E-state index in [1.807, 2.05) is 6.92 Å². The molecule has 1 aliphatic heterocycles. The summed E-state index contributed by atoms with van der Waals surface area (Å²) in [5.41, 5.74) is 1.56. The molecule has 1 amide bonds. The van der Waals surface area contributed by atoms with Crippen molar-refractivity contribution < 1.29 is 18.3 Å². The van der Waals surface area contributed by atoms with Crippen LogP contribution in [-0.2, 0) is 14.8 Å². The van der Waals surface area contributed by atoms with Gasteiger partial charge in [0.25, 0.3) is 15.9 Å². The van der Waals surface area contributed by atoms with Gasteiger partial charge in [-0.05, 0) is 31.2 Å². The first-order valence-corrected chi connectivity index (χ1v) is 10.7. The van der Waals surface area contributed by atoms with E-state index in [2.05, 4.69) is 4.99 Å². The molecule has 2 heterocycles. The first-order chi connectivity index (χ1) is 14.4. The van der Waals surface area contributed by atoms with Gasteiger partial charge >= 0.3 is 0 Å². The molecule has 0 aliphatic carbocycles. The fraction of sp³-hybridized carbons (Fsp3) is 0.0435. The van der Waals surface area contributed by atoms with Crippen LogP contribution in [0.25, 0.3) is 16.5 Å². The number of hydrogen-bond donors (Lipinski definition) is 1. The van der Waals surface area contributed by atoms with E-state index < -0.39 is 21.8 Å². The van der Waals surface area contributed by atoms with Crippen molar-refractivity contribution in [1.29, 1.82) is 0 Å². The number of fused-ring (bicyclic) bond motifs is 2. The van der Waals surface area contributed by atoms with Gasteiger partial charge in [-0.15, -0.1) is 0 Å². The van der Waals surface area contributed by atoms with E-state index in [0.717, 1.165) is 9.54 Å². The van der Waals surface area contributed by atoms with Gasteiger partial charge in [0.2, 0.25) is 5.88 Å². The van der Waals surface area contributed by atoms with Crippen LogP contribution in [0.1, 0.15) is 11.1 Å². The second-order valence-corrected chi connectivity index (χ2v) is 8.89. The molecule has 6 nitrogen and oxygen atoms in total. The molecule has 0 bridgehead atoms. The average molecular weight is 416 g/mol. The van der Waals surface area contributed by atoms with Crippen molar-refractivity contribution in [2.24, 2.45) is 4.99 Å². The molecule has 0 fully saturated rings. The average Bonchev–Trinajstić information content (AvgIpc) is 3.21. The monoisotopic (exact) mass is 416 g/mol. The van der Waals surface area contributed by atoms with Gasteiger partial charge in [-0.3, -0.25) is 4.79 Å². The Morgan fingerprint density at radius 2 is 1.57 bits per heavy atom. The SMILES string of the molecule is Cc1ccc(S(=O)(=O)n2c(O)c(C3=c4ccccc4=NC3=O)c3ccccc32)cc1. The number of carbonyl (C=O) groups is 1. The lowest BCUT2D eigenvalue weighted by Gasteiger charge is -2.09. The van der Waals surface area contributed by atoms with Crippen LogP contribution in [0.5, 0.6) is 5.88 Å². The van der Waals surface area contributed by atoms with Crippen molar-refractivity contribution in [3.8, 4) is 5.88 Å². The lowest BCUT2D eigenvalue weighted by Crippen LogP contribution is -2.22. The number of para-hydroxylation sites is 2. The van der Waals surface area contributed by atoms with Crippen LogP contribution in [0, 0.1) is 6.92 Å². The zero-order valence-corrected chi connectivity index (χ0v) is 16.7. The largest absolute Gasteiger partial charge is 0.493 e. The lowest BCUT2D eigenvalue weighted by atomic mass is 10.0. The summed E-state index contributed by atoms with van der Waals surface area (Å²) in [6.45, 7) is 1.86. The molecular formula is C23H16N2O4S. The van der Waals surface area contributed by atoms with Crippen molar-refractivity contribution in [3.63, 3.8) is 0 Å². The first kappa shape index (κ1) is 18.3. The van der Waals surface area contributed by atoms with Crippen LogP contribution in [0.15, 0.2) is 82.7 Å². The Bertz CT molecular complexity index is 1580. The number of benzene rings is 3. The zero-order chi connectivity index (χ0) is 21.0. The van der Waals surface area contributed by atoms with Gasteiger partial charge in [-0.25, -0.2) is 17.4 Å². The van der Waals surface area contributed by atoms with Crippen molar-refractivity contribution in [1.82, 2.24) is 3.97 Å². The molecule has 0 saturated carbocycles. The molecule has 30 heavy (non-hydrogen) atoms. The molecule has 0 saturated heterocycles. The molecule has 4 aromatic rings. The summed E-state index contributed by atoms with van der Waals surface area (Å²) in [6, 6.07) is 20.1. The van der Waals surface area contributed by atoms with E-state index in [1.54, 1.807) is 60.7 Å². The van der Waals surface area contributed by atoms with Gasteiger partial charge in [0.05, 0.1) is 26.9 Å². The Balaban J connectivity index is 1.89. The van der Waals surface area contributed by atoms with E-state index in [1.165, 1.54) is 12.1 Å². The van der Waals surface area contributed by atoms with E-state index in [-0.39, 0.29) is 21.5 Å². The number of nitrogens with zero attached hydrogens (tertiary/aromatic N) is 2. The number of hydrogen-bond acceptors (Lipinski definition) is 4. The standard InChI is InChI=1S/C23H16N2O4S/c1-14-10-12-15(13-11-14)30(28,29)25-19-9-5-3-7-17(19)21(23(25)27)20-16-6-2-4-8-18(16)24-22(20)26/h2-13,27H,1H3. The molecule has 7 heteroatoms. The van der Waals surface area contributed by atoms with Crippen molar-refractivity contribution >= 4 is 32.4 Å². The molecule has 5 rings (SSSR count). The molecule has 1 aromatic heterocycles. The smallest absolute Gasteiger partial charge is 0.279 e. The summed E-state index contributed by atoms with van der Waals surface area (Å²) in [5.74, 6) is -1.02. The van der Waals surface area contributed by atoms with E-state index in [9.17, 15) is 18.3 Å². The van der Waals surface area contributed by atoms with Crippen LogP contribution in [0.3, 0.4) is 0 Å². The maximum atomic E-state index is 13.4. The molecule has 0 spiro atoms. The van der Waals surface area contributed by atoms with Crippen LogP contribution >= 0.6 is 0 Å². The van der Waals surface area contributed by atoms with Crippen molar-refractivity contribution in [3.05, 3.63) is 94.5 Å². The highest BCUT2D eigenvalue weighted by Gasteiger charge is 2.31. The third-order valence-electron chi connectivity index (χ3n) is 5.23. The predicted molar refractivity (Wildman–Crippen MR) is 112 cm³/mol. The second kappa shape index (κ2) is 6.40. The molecule has 0 unspecified atom stereocenters. The first-order valence-electron chi connectivity index (χ1n) is 9.27. The summed E-state index contributed by atoms with van der Waals surface area (Å²) < 4.78 is 27.7. The highest BCUT2D eigenvalue weighted by Crippen LogP contribution is 2.38. The maximum absolute atomic E-state index is 13.4. The fourth-order valence-electron chi connectivity index (χ4n) is 3.81. The number of aryl methyl sites for hydroxylation is 1. The number of carbonyl (C=O) groups excluding carboxylic acids is 1. The molecule has 1 aliphatic rings. The molecule has 1 N–H and O–H groups in total. The van der Waals surface area contributed by atoms with Gasteiger partial charge in [0, 0.05) is 10.6 Å². The third-order valence-corrected chi connectivity index (χ3v) is 6.94. The summed E-state index contributed by atoms with van der Waals surface area (Å²) >= 11 is 0. The quantitative estimate of drug-likeness (QED) is 0.555. The summed E-state index contributed by atoms with van der Waals surface area (Å²) in [4.78, 5) is 16.8. The van der Waals surface area contributed by atoms with Gasteiger partial charge < -0.3 is 5.11 Å². The third kappa shape index (κ3) is 2.52. The minimum Gasteiger partial charge on any atom is -0.493 e. The normalized spacial score (nSPS) is 13.5. The van der Waals surface area contributed by atoms with Crippen LogP contribution in [0.2, 0.25) is 0 Å². The minimum atomic E-state index is -4.11. The molecule has 0 atom stereocenters. The summed E-state index contributed by atoms with van der Waals surface area (Å²) in [5, 5.41) is 12.7. The highest BCUT2D eigenvalue weighted by atomic mass is 32.2. The van der Waals surface area contributed by atoms with Crippen molar-refractivity contribution in [2.75, 3.05) is 0 Å². The molecular weight excluding hydrogens is 400 g/mol. The maximum Gasteiger partial charge on any atom is 0.279 e. The van der Waals surface area contributed by atoms with Gasteiger partial charge in [0.15, 0.2) is 0 Å². The van der Waals surface area contributed by atoms with Gasteiger partial charge in [-0.2, -0.15) is 0 Å². The van der Waals surface area contributed by atoms with Crippen LogP contribution in [-0.4, -0.2) is 23.4 Å². The van der Waals surface area contributed by atoms with Crippen LogP contribution < -0.4 is 10.6 Å². The molecule has 3 aromatic carbocycles. The lowest BCUT2D eigenvalue weighted by molar-refractivity contribution is -0.112. The number of aromatic hydroxyl groups is 1. The number of amides is 1. The van der Waals surface area contributed by atoms with Gasteiger partial charge in [0.1, 0.15) is 0 Å². The molecule has 148 valence electrons. The summed E-state index contributed by atoms with van der Waals surface area (Å²) in [7, 11) is -4.11.